The van der Waals surface area contributed by atoms with E-state index in [9.17, 15) is 4.79 Å². The highest BCUT2D eigenvalue weighted by Crippen LogP contribution is 2.26. The Morgan fingerprint density at radius 1 is 1.06 bits per heavy atom. The van der Waals surface area contributed by atoms with Gasteiger partial charge in [-0.3, -0.25) is 4.79 Å². The minimum Gasteiger partial charge on any atom is -0.441 e. The molecule has 1 aliphatic heterocycles. The number of carbonyl (C=O) groups excluding carboxylic acids is 1. The molecule has 2 aromatic rings. The predicted octanol–water partition coefficient (Wildman–Crippen LogP) is 4.41. The first-order valence-corrected chi connectivity index (χ1v) is 12.3. The lowest BCUT2D eigenvalue weighted by Gasteiger charge is -2.31. The second-order valence-electron chi connectivity index (χ2n) is 8.96. The standard InChI is InChI=1S/C26H40N4O2/c1-5-15-29(16-6-2)17-18-30(26(31)22-11-13-27-14-12-22)19-24-21(4)32-25(28-24)23-10-8-7-9-20(23)3/h7-10,22,27H,5-6,11-19H2,1-4H3. The highest BCUT2D eigenvalue weighted by Gasteiger charge is 2.27. The fourth-order valence-electron chi connectivity index (χ4n) is 4.51. The summed E-state index contributed by atoms with van der Waals surface area (Å²) in [6.45, 7) is 14.6. The molecule has 6 nitrogen and oxygen atoms in total. The highest BCUT2D eigenvalue weighted by molar-refractivity contribution is 5.79. The Morgan fingerprint density at radius 2 is 1.75 bits per heavy atom. The first kappa shape index (κ1) is 24.5. The van der Waals surface area contributed by atoms with Crippen LogP contribution in [0.25, 0.3) is 11.5 Å². The average Bonchev–Trinajstić information content (AvgIpc) is 3.17. The van der Waals surface area contributed by atoms with Crippen LogP contribution in [0, 0.1) is 19.8 Å². The van der Waals surface area contributed by atoms with Gasteiger partial charge in [-0.25, -0.2) is 4.98 Å². The fourth-order valence-corrected chi connectivity index (χ4v) is 4.51. The van der Waals surface area contributed by atoms with Crippen molar-refractivity contribution in [1.82, 2.24) is 20.1 Å². The molecule has 1 aromatic heterocycles. The topological polar surface area (TPSA) is 61.6 Å². The second kappa shape index (κ2) is 12.2. The number of benzene rings is 1. The van der Waals surface area contributed by atoms with Crippen LogP contribution in [0.5, 0.6) is 0 Å². The zero-order chi connectivity index (χ0) is 22.9. The molecule has 0 atom stereocenters. The highest BCUT2D eigenvalue weighted by atomic mass is 16.4. The van der Waals surface area contributed by atoms with Crippen LogP contribution in [0.3, 0.4) is 0 Å². The Bertz CT molecular complexity index is 851. The Balaban J connectivity index is 1.78. The molecular formula is C26H40N4O2. The van der Waals surface area contributed by atoms with Crippen LogP contribution >= 0.6 is 0 Å². The Kier molecular flexibility index (Phi) is 9.30. The maximum absolute atomic E-state index is 13.5. The molecule has 1 N–H and O–H groups in total. The Morgan fingerprint density at radius 3 is 2.41 bits per heavy atom. The summed E-state index contributed by atoms with van der Waals surface area (Å²) in [6, 6.07) is 8.13. The van der Waals surface area contributed by atoms with Gasteiger partial charge in [0, 0.05) is 24.6 Å². The molecule has 176 valence electrons. The maximum Gasteiger partial charge on any atom is 0.226 e. The van der Waals surface area contributed by atoms with Crippen LogP contribution in [0.15, 0.2) is 28.7 Å². The van der Waals surface area contributed by atoms with Gasteiger partial charge in [0.2, 0.25) is 11.8 Å². The van der Waals surface area contributed by atoms with E-state index in [1.807, 2.05) is 30.0 Å². The first-order valence-electron chi connectivity index (χ1n) is 12.3. The van der Waals surface area contributed by atoms with Gasteiger partial charge in [-0.2, -0.15) is 0 Å². The van der Waals surface area contributed by atoms with Gasteiger partial charge in [0.15, 0.2) is 0 Å². The number of carbonyl (C=O) groups is 1. The number of hydrogen-bond donors (Lipinski definition) is 1. The van der Waals surface area contributed by atoms with Crippen molar-refractivity contribution in [3.05, 3.63) is 41.3 Å². The lowest BCUT2D eigenvalue weighted by molar-refractivity contribution is -0.137. The first-order chi connectivity index (χ1) is 15.5. The van der Waals surface area contributed by atoms with E-state index in [1.165, 1.54) is 0 Å². The fraction of sp³-hybridized carbons (Fsp3) is 0.615. The molecule has 6 heteroatoms. The van der Waals surface area contributed by atoms with Gasteiger partial charge in [-0.05, 0) is 77.3 Å². The summed E-state index contributed by atoms with van der Waals surface area (Å²) in [4.78, 5) is 22.8. The van der Waals surface area contributed by atoms with Crippen molar-refractivity contribution < 1.29 is 9.21 Å². The van der Waals surface area contributed by atoms with Crippen LogP contribution in [-0.2, 0) is 11.3 Å². The zero-order valence-corrected chi connectivity index (χ0v) is 20.3. The minimum atomic E-state index is 0.102. The molecule has 0 bridgehead atoms. The number of nitrogens with one attached hydrogen (secondary N) is 1. The van der Waals surface area contributed by atoms with Crippen molar-refractivity contribution >= 4 is 5.91 Å². The van der Waals surface area contributed by atoms with E-state index in [-0.39, 0.29) is 11.8 Å². The molecule has 3 rings (SSSR count). The van der Waals surface area contributed by atoms with E-state index >= 15 is 0 Å². The van der Waals surface area contributed by atoms with Crippen molar-refractivity contribution in [2.24, 2.45) is 5.92 Å². The van der Waals surface area contributed by atoms with Gasteiger partial charge in [0.05, 0.1) is 6.54 Å². The molecule has 0 aliphatic carbocycles. The second-order valence-corrected chi connectivity index (χ2v) is 8.96. The molecule has 0 unspecified atom stereocenters. The van der Waals surface area contributed by atoms with Gasteiger partial charge in [0.1, 0.15) is 11.5 Å². The normalized spacial score (nSPS) is 14.8. The summed E-state index contributed by atoms with van der Waals surface area (Å²) < 4.78 is 6.04. The average molecular weight is 441 g/mol. The molecule has 0 radical (unpaired) electrons. The number of piperidine rings is 1. The van der Waals surface area contributed by atoms with Crippen LogP contribution in [-0.4, -0.2) is 60.0 Å². The summed E-state index contributed by atoms with van der Waals surface area (Å²) in [6.07, 6.45) is 4.08. The molecule has 1 saturated heterocycles. The Labute approximate surface area is 193 Å². The third-order valence-electron chi connectivity index (χ3n) is 6.37. The SMILES string of the molecule is CCCN(CCC)CCN(Cc1nc(-c2ccccc2C)oc1C)C(=O)C1CCNCC1. The number of hydrogen-bond acceptors (Lipinski definition) is 5. The number of nitrogens with zero attached hydrogens (tertiary/aromatic N) is 3. The number of aromatic nitrogens is 1. The number of rotatable bonds is 11. The van der Waals surface area contributed by atoms with Gasteiger partial charge in [0.25, 0.3) is 0 Å². The van der Waals surface area contributed by atoms with Gasteiger partial charge in [-0.1, -0.05) is 32.0 Å². The van der Waals surface area contributed by atoms with Gasteiger partial charge in [-0.15, -0.1) is 0 Å². The van der Waals surface area contributed by atoms with E-state index in [4.69, 9.17) is 9.40 Å². The predicted molar refractivity (Wildman–Crippen MR) is 129 cm³/mol. The van der Waals surface area contributed by atoms with Crippen molar-refractivity contribution in [1.29, 1.82) is 0 Å². The molecule has 2 heterocycles. The Hall–Kier alpha value is -2.18. The van der Waals surface area contributed by atoms with Crippen LogP contribution in [0.4, 0.5) is 0 Å². The van der Waals surface area contributed by atoms with E-state index in [0.717, 1.165) is 87.5 Å². The molecule has 1 amide bonds. The number of amides is 1. The monoisotopic (exact) mass is 440 g/mol. The summed E-state index contributed by atoms with van der Waals surface area (Å²) in [7, 11) is 0. The molecule has 1 aromatic carbocycles. The lowest BCUT2D eigenvalue weighted by Crippen LogP contribution is -2.44. The smallest absolute Gasteiger partial charge is 0.226 e. The van der Waals surface area contributed by atoms with Crippen LogP contribution in [0.1, 0.15) is 56.5 Å². The van der Waals surface area contributed by atoms with Crippen LogP contribution in [0.2, 0.25) is 0 Å². The van der Waals surface area contributed by atoms with Crippen molar-refractivity contribution in [3.8, 4) is 11.5 Å². The number of aryl methyl sites for hydroxylation is 2. The van der Waals surface area contributed by atoms with E-state index in [2.05, 4.69) is 37.1 Å². The van der Waals surface area contributed by atoms with Crippen molar-refractivity contribution in [2.75, 3.05) is 39.3 Å². The van der Waals surface area contributed by atoms with Crippen molar-refractivity contribution in [3.63, 3.8) is 0 Å². The largest absolute Gasteiger partial charge is 0.441 e. The third-order valence-corrected chi connectivity index (χ3v) is 6.37. The molecule has 0 saturated carbocycles. The summed E-state index contributed by atoms with van der Waals surface area (Å²) in [5, 5.41) is 3.37. The van der Waals surface area contributed by atoms with E-state index < -0.39 is 0 Å². The van der Waals surface area contributed by atoms with Crippen molar-refractivity contribution in [2.45, 2.75) is 59.9 Å². The summed E-state index contributed by atoms with van der Waals surface area (Å²) in [5.41, 5.74) is 3.01. The van der Waals surface area contributed by atoms with E-state index in [0.29, 0.717) is 12.4 Å². The lowest BCUT2D eigenvalue weighted by atomic mass is 9.96. The summed E-state index contributed by atoms with van der Waals surface area (Å²) in [5.74, 6) is 1.80. The molecule has 0 spiro atoms. The van der Waals surface area contributed by atoms with Gasteiger partial charge >= 0.3 is 0 Å². The van der Waals surface area contributed by atoms with E-state index in [1.54, 1.807) is 0 Å². The summed E-state index contributed by atoms with van der Waals surface area (Å²) >= 11 is 0. The molecular weight excluding hydrogens is 400 g/mol. The quantitative estimate of drug-likeness (QED) is 0.561. The molecule has 1 fully saturated rings. The zero-order valence-electron chi connectivity index (χ0n) is 20.3. The maximum atomic E-state index is 13.5. The molecule has 1 aliphatic rings. The van der Waals surface area contributed by atoms with Crippen LogP contribution < -0.4 is 5.32 Å². The van der Waals surface area contributed by atoms with Gasteiger partial charge < -0.3 is 19.5 Å². The number of oxazole rings is 1. The minimum absolute atomic E-state index is 0.102. The third kappa shape index (κ3) is 6.42. The molecule has 32 heavy (non-hydrogen) atoms.